The quantitative estimate of drug-likeness (QED) is 0.409. The Hall–Kier alpha value is -1.84. The maximum absolute atomic E-state index is 13.1. The molecule has 0 radical (unpaired) electrons. The molecule has 0 bridgehead atoms. The summed E-state index contributed by atoms with van der Waals surface area (Å²) in [6.07, 6.45) is 5.35. The molecule has 7 nitrogen and oxygen atoms in total. The SMILES string of the molecule is CSc1nc(N2C[C@@H](C)N(C(=O)OC3CCN(Cc4ccccc4)CC3)[C@@H](C)C2)ncc1Br. The fourth-order valence-electron chi connectivity index (χ4n) is 4.71. The summed E-state index contributed by atoms with van der Waals surface area (Å²) in [6, 6.07) is 10.6. The van der Waals surface area contributed by atoms with Crippen LogP contribution in [0.4, 0.5) is 10.7 Å². The zero-order valence-electron chi connectivity index (χ0n) is 19.5. The first-order valence-corrected chi connectivity index (χ1v) is 13.5. The Labute approximate surface area is 209 Å². The van der Waals surface area contributed by atoms with Crippen LogP contribution in [-0.2, 0) is 11.3 Å². The number of likely N-dealkylation sites (tertiary alicyclic amines) is 1. The number of carbonyl (C=O) groups excluding carboxylic acids is 1. The number of rotatable bonds is 5. The number of amides is 1. The Kier molecular flexibility index (Phi) is 8.14. The monoisotopic (exact) mass is 533 g/mol. The minimum Gasteiger partial charge on any atom is -0.446 e. The number of piperidine rings is 1. The van der Waals surface area contributed by atoms with Crippen LogP contribution < -0.4 is 4.90 Å². The Balaban J connectivity index is 1.29. The van der Waals surface area contributed by atoms with Crippen molar-refractivity contribution in [3.05, 3.63) is 46.6 Å². The molecule has 2 fully saturated rings. The van der Waals surface area contributed by atoms with Gasteiger partial charge in [0.25, 0.3) is 0 Å². The van der Waals surface area contributed by atoms with Crippen molar-refractivity contribution in [2.75, 3.05) is 37.3 Å². The topological polar surface area (TPSA) is 61.8 Å². The van der Waals surface area contributed by atoms with Crippen molar-refractivity contribution < 1.29 is 9.53 Å². The van der Waals surface area contributed by atoms with E-state index in [1.165, 1.54) is 5.56 Å². The number of carbonyl (C=O) groups is 1. The molecular weight excluding hydrogens is 502 g/mol. The number of hydrogen-bond acceptors (Lipinski definition) is 7. The van der Waals surface area contributed by atoms with Crippen LogP contribution in [0.1, 0.15) is 32.3 Å². The molecule has 4 rings (SSSR count). The summed E-state index contributed by atoms with van der Waals surface area (Å²) in [6.45, 7) is 8.36. The van der Waals surface area contributed by atoms with Crippen LogP contribution in [0.5, 0.6) is 0 Å². The zero-order valence-corrected chi connectivity index (χ0v) is 21.9. The first-order chi connectivity index (χ1) is 15.9. The fraction of sp³-hybridized carbons (Fsp3) is 0.542. The molecule has 2 aliphatic heterocycles. The molecule has 0 aliphatic carbocycles. The average molecular weight is 535 g/mol. The summed E-state index contributed by atoms with van der Waals surface area (Å²) in [7, 11) is 0. The lowest BCUT2D eigenvalue weighted by Gasteiger charge is -2.44. The Morgan fingerprint density at radius 1 is 1.15 bits per heavy atom. The normalized spacial score (nSPS) is 22.4. The minimum absolute atomic E-state index is 0.0131. The number of hydrogen-bond donors (Lipinski definition) is 0. The molecule has 33 heavy (non-hydrogen) atoms. The summed E-state index contributed by atoms with van der Waals surface area (Å²) in [5, 5.41) is 0.917. The van der Waals surface area contributed by atoms with Gasteiger partial charge in [-0.15, -0.1) is 11.8 Å². The number of halogens is 1. The number of piperazine rings is 1. The predicted molar refractivity (Wildman–Crippen MR) is 136 cm³/mol. The summed E-state index contributed by atoms with van der Waals surface area (Å²) in [5.74, 6) is 0.708. The molecule has 0 saturated carbocycles. The number of ether oxygens (including phenoxy) is 1. The van der Waals surface area contributed by atoms with Gasteiger partial charge in [0.05, 0.1) is 16.6 Å². The van der Waals surface area contributed by atoms with Crippen LogP contribution in [0.3, 0.4) is 0 Å². The van der Waals surface area contributed by atoms with E-state index >= 15 is 0 Å². The molecule has 2 aromatic rings. The van der Waals surface area contributed by atoms with E-state index in [2.05, 4.69) is 73.8 Å². The molecular formula is C24H32BrN5O2S. The molecule has 1 aromatic heterocycles. The second-order valence-electron chi connectivity index (χ2n) is 8.88. The molecule has 9 heteroatoms. The van der Waals surface area contributed by atoms with Crippen molar-refractivity contribution in [2.45, 2.75) is 56.4 Å². The Morgan fingerprint density at radius 2 is 1.82 bits per heavy atom. The smallest absolute Gasteiger partial charge is 0.410 e. The minimum atomic E-state index is -0.197. The van der Waals surface area contributed by atoms with Gasteiger partial charge < -0.3 is 9.64 Å². The highest BCUT2D eigenvalue weighted by Crippen LogP contribution is 2.27. The van der Waals surface area contributed by atoms with Gasteiger partial charge in [-0.2, -0.15) is 0 Å². The Morgan fingerprint density at radius 3 is 2.45 bits per heavy atom. The third-order valence-electron chi connectivity index (χ3n) is 6.36. The molecule has 178 valence electrons. The van der Waals surface area contributed by atoms with E-state index in [9.17, 15) is 4.79 Å². The van der Waals surface area contributed by atoms with Crippen molar-refractivity contribution >= 4 is 39.7 Å². The van der Waals surface area contributed by atoms with Crippen molar-refractivity contribution in [3.63, 3.8) is 0 Å². The molecule has 0 N–H and O–H groups in total. The van der Waals surface area contributed by atoms with Crippen molar-refractivity contribution in [2.24, 2.45) is 0 Å². The van der Waals surface area contributed by atoms with Gasteiger partial charge in [-0.1, -0.05) is 30.3 Å². The van der Waals surface area contributed by atoms with Crippen LogP contribution in [0.25, 0.3) is 0 Å². The van der Waals surface area contributed by atoms with E-state index in [1.54, 1.807) is 18.0 Å². The van der Waals surface area contributed by atoms with Gasteiger partial charge in [-0.3, -0.25) is 9.80 Å². The van der Waals surface area contributed by atoms with E-state index in [0.717, 1.165) is 42.0 Å². The van der Waals surface area contributed by atoms with Crippen molar-refractivity contribution in [3.8, 4) is 0 Å². The van der Waals surface area contributed by atoms with Gasteiger partial charge >= 0.3 is 6.09 Å². The molecule has 3 heterocycles. The second-order valence-corrected chi connectivity index (χ2v) is 10.5. The van der Waals surface area contributed by atoms with Crippen LogP contribution in [0.15, 0.2) is 46.0 Å². The molecule has 2 atom stereocenters. The molecule has 1 aromatic carbocycles. The largest absolute Gasteiger partial charge is 0.446 e. The Bertz CT molecular complexity index is 930. The van der Waals surface area contributed by atoms with E-state index in [4.69, 9.17) is 4.74 Å². The standard InChI is InChI=1S/C24H32BrN5O2S/c1-17-14-29(23-26-13-21(25)22(27-23)33-3)15-18(2)30(17)24(31)32-20-9-11-28(12-10-20)16-19-7-5-4-6-8-19/h4-8,13,17-18,20H,9-12,14-16H2,1-3H3/t17-,18+. The third kappa shape index (κ3) is 6.00. The van der Waals surface area contributed by atoms with Crippen LogP contribution in [0.2, 0.25) is 0 Å². The number of anilines is 1. The molecule has 0 unspecified atom stereocenters. The summed E-state index contributed by atoms with van der Waals surface area (Å²) >= 11 is 5.09. The molecule has 1 amide bonds. The van der Waals surface area contributed by atoms with E-state index in [-0.39, 0.29) is 24.3 Å². The van der Waals surface area contributed by atoms with Gasteiger partial charge in [0.1, 0.15) is 11.1 Å². The predicted octanol–water partition coefficient (Wildman–Crippen LogP) is 4.66. The maximum atomic E-state index is 13.1. The lowest BCUT2D eigenvalue weighted by atomic mass is 10.1. The first-order valence-electron chi connectivity index (χ1n) is 11.5. The number of nitrogens with zero attached hydrogens (tertiary/aromatic N) is 5. The van der Waals surface area contributed by atoms with E-state index in [0.29, 0.717) is 19.0 Å². The van der Waals surface area contributed by atoms with E-state index in [1.807, 2.05) is 17.2 Å². The molecule has 0 spiro atoms. The summed E-state index contributed by atoms with van der Waals surface area (Å²) < 4.78 is 6.86. The van der Waals surface area contributed by atoms with Gasteiger partial charge in [0.2, 0.25) is 5.95 Å². The lowest BCUT2D eigenvalue weighted by Crippen LogP contribution is -2.59. The maximum Gasteiger partial charge on any atom is 0.410 e. The van der Waals surface area contributed by atoms with Crippen molar-refractivity contribution in [1.29, 1.82) is 0 Å². The number of thioether (sulfide) groups is 1. The number of aromatic nitrogens is 2. The highest BCUT2D eigenvalue weighted by atomic mass is 79.9. The summed E-state index contributed by atoms with van der Waals surface area (Å²) in [4.78, 5) is 28.7. The van der Waals surface area contributed by atoms with E-state index < -0.39 is 0 Å². The lowest BCUT2D eigenvalue weighted by molar-refractivity contribution is 0.00995. The summed E-state index contributed by atoms with van der Waals surface area (Å²) in [5.41, 5.74) is 1.33. The van der Waals surface area contributed by atoms with Crippen molar-refractivity contribution in [1.82, 2.24) is 19.8 Å². The van der Waals surface area contributed by atoms with Crippen LogP contribution >= 0.6 is 27.7 Å². The number of benzene rings is 1. The molecule has 2 aliphatic rings. The van der Waals surface area contributed by atoms with Crippen LogP contribution in [-0.4, -0.2) is 76.5 Å². The zero-order chi connectivity index (χ0) is 23.4. The van der Waals surface area contributed by atoms with Gasteiger partial charge in [0.15, 0.2) is 0 Å². The van der Waals surface area contributed by atoms with Gasteiger partial charge in [-0.25, -0.2) is 14.8 Å². The third-order valence-corrected chi connectivity index (χ3v) is 7.90. The average Bonchev–Trinajstić information content (AvgIpc) is 2.81. The highest BCUT2D eigenvalue weighted by molar-refractivity contribution is 9.10. The highest BCUT2D eigenvalue weighted by Gasteiger charge is 2.36. The van der Waals surface area contributed by atoms with Gasteiger partial charge in [-0.05, 0) is 54.4 Å². The fourth-order valence-corrected chi connectivity index (χ4v) is 5.81. The first kappa shape index (κ1) is 24.3. The molecule has 2 saturated heterocycles. The van der Waals surface area contributed by atoms with Gasteiger partial charge in [0, 0.05) is 38.9 Å². The van der Waals surface area contributed by atoms with Crippen LogP contribution in [0, 0.1) is 0 Å². The second kappa shape index (κ2) is 11.1.